The molecule has 3 amide bonds. The van der Waals surface area contributed by atoms with Crippen molar-refractivity contribution in [3.05, 3.63) is 68.5 Å². The summed E-state index contributed by atoms with van der Waals surface area (Å²) in [5.74, 6) is -0.0852. The average molecular weight is 451 g/mol. The minimum Gasteiger partial charge on any atom is -0.497 e. The Balaban J connectivity index is 1.59. The lowest BCUT2D eigenvalue weighted by molar-refractivity contribution is -0.122. The highest BCUT2D eigenvalue weighted by Crippen LogP contribution is 2.32. The Bertz CT molecular complexity index is 972. The van der Waals surface area contributed by atoms with Crippen molar-refractivity contribution in [3.8, 4) is 5.75 Å². The molecule has 1 aliphatic heterocycles. The molecule has 0 saturated carbocycles. The van der Waals surface area contributed by atoms with Crippen LogP contribution in [0.25, 0.3) is 6.08 Å². The number of thioether (sulfide) groups is 1. The van der Waals surface area contributed by atoms with Crippen LogP contribution in [0.4, 0.5) is 4.79 Å². The molecule has 0 unspecified atom stereocenters. The second-order valence-electron chi connectivity index (χ2n) is 6.02. The van der Waals surface area contributed by atoms with Crippen LogP contribution < -0.4 is 10.1 Å². The summed E-state index contributed by atoms with van der Waals surface area (Å²) in [7, 11) is 1.57. The molecule has 3 rings (SSSR count). The van der Waals surface area contributed by atoms with Gasteiger partial charge in [-0.1, -0.05) is 35.3 Å². The van der Waals surface area contributed by atoms with Gasteiger partial charge in [-0.05, 0) is 53.7 Å². The van der Waals surface area contributed by atoms with Gasteiger partial charge in [0.25, 0.3) is 17.1 Å². The lowest BCUT2D eigenvalue weighted by Gasteiger charge is -2.13. The van der Waals surface area contributed by atoms with Crippen molar-refractivity contribution in [2.75, 3.05) is 20.2 Å². The summed E-state index contributed by atoms with van der Waals surface area (Å²) in [6.45, 7) is 0.168. The Morgan fingerprint density at radius 3 is 2.41 bits per heavy atom. The molecule has 1 heterocycles. The van der Waals surface area contributed by atoms with E-state index in [1.54, 1.807) is 37.5 Å². The fourth-order valence-electron chi connectivity index (χ4n) is 2.61. The number of hydrogen-bond donors (Lipinski definition) is 1. The Kier molecular flexibility index (Phi) is 6.84. The number of carbonyl (C=O) groups excluding carboxylic acids is 3. The number of benzene rings is 2. The Hall–Kier alpha value is -2.48. The maximum atomic E-state index is 12.5. The van der Waals surface area contributed by atoms with E-state index in [-0.39, 0.29) is 18.3 Å². The molecule has 2 aromatic carbocycles. The van der Waals surface area contributed by atoms with Gasteiger partial charge >= 0.3 is 0 Å². The summed E-state index contributed by atoms with van der Waals surface area (Å²) in [4.78, 5) is 38.3. The zero-order valence-electron chi connectivity index (χ0n) is 15.3. The first-order valence-corrected chi connectivity index (χ1v) is 10.1. The average Bonchev–Trinajstić information content (AvgIpc) is 2.95. The van der Waals surface area contributed by atoms with Crippen LogP contribution in [-0.4, -0.2) is 42.2 Å². The summed E-state index contributed by atoms with van der Waals surface area (Å²) in [6, 6.07) is 11.6. The summed E-state index contributed by atoms with van der Waals surface area (Å²) in [6.07, 6.45) is 1.65. The fourth-order valence-corrected chi connectivity index (χ4v) is 4.00. The molecule has 6 nitrogen and oxygen atoms in total. The molecule has 1 fully saturated rings. The van der Waals surface area contributed by atoms with E-state index in [0.29, 0.717) is 26.3 Å². The van der Waals surface area contributed by atoms with Crippen LogP contribution in [0.2, 0.25) is 10.0 Å². The second kappa shape index (κ2) is 9.35. The number of nitrogens with zero attached hydrogens (tertiary/aromatic N) is 1. The number of halogens is 2. The third kappa shape index (κ3) is 5.32. The molecule has 0 atom stereocenters. The maximum absolute atomic E-state index is 12.5. The van der Waals surface area contributed by atoms with Crippen LogP contribution in [0.5, 0.6) is 5.75 Å². The van der Waals surface area contributed by atoms with E-state index in [9.17, 15) is 14.4 Å². The molecule has 29 heavy (non-hydrogen) atoms. The molecular formula is C20H16Cl2N2O4S. The van der Waals surface area contributed by atoms with Gasteiger partial charge in [-0.2, -0.15) is 0 Å². The third-order valence-electron chi connectivity index (χ3n) is 4.03. The predicted octanol–water partition coefficient (Wildman–Crippen LogP) is 4.47. The molecule has 0 aliphatic carbocycles. The first-order valence-electron chi connectivity index (χ1n) is 8.51. The van der Waals surface area contributed by atoms with Gasteiger partial charge in [-0.25, -0.2) is 0 Å². The van der Waals surface area contributed by atoms with Gasteiger partial charge in [-0.15, -0.1) is 0 Å². The Labute approximate surface area is 181 Å². The zero-order chi connectivity index (χ0) is 21.0. The van der Waals surface area contributed by atoms with E-state index in [1.165, 1.54) is 18.2 Å². The number of rotatable bonds is 6. The predicted molar refractivity (Wildman–Crippen MR) is 114 cm³/mol. The molecule has 0 bridgehead atoms. The molecule has 0 radical (unpaired) electrons. The number of methoxy groups -OCH3 is 1. The molecular weight excluding hydrogens is 435 g/mol. The topological polar surface area (TPSA) is 75.7 Å². The van der Waals surface area contributed by atoms with E-state index in [0.717, 1.165) is 22.2 Å². The molecule has 2 aromatic rings. The number of nitrogens with one attached hydrogen (secondary N) is 1. The van der Waals surface area contributed by atoms with Crippen LogP contribution in [-0.2, 0) is 4.79 Å². The van der Waals surface area contributed by atoms with Crippen LogP contribution in [0.1, 0.15) is 15.9 Å². The quantitative estimate of drug-likeness (QED) is 0.656. The number of amides is 3. The van der Waals surface area contributed by atoms with E-state index < -0.39 is 11.8 Å². The normalized spacial score (nSPS) is 15.1. The summed E-state index contributed by atoms with van der Waals surface area (Å²) in [5, 5.41) is 2.96. The molecule has 1 saturated heterocycles. The second-order valence-corrected chi connectivity index (χ2v) is 7.89. The molecule has 1 N–H and O–H groups in total. The largest absolute Gasteiger partial charge is 0.497 e. The van der Waals surface area contributed by atoms with Crippen LogP contribution in [0, 0.1) is 0 Å². The van der Waals surface area contributed by atoms with Crippen molar-refractivity contribution in [1.29, 1.82) is 0 Å². The van der Waals surface area contributed by atoms with E-state index in [1.807, 2.05) is 0 Å². The molecule has 1 aliphatic rings. The highest BCUT2D eigenvalue weighted by atomic mass is 35.5. The summed E-state index contributed by atoms with van der Waals surface area (Å²) in [5.41, 5.74) is 1.08. The number of carbonyl (C=O) groups is 3. The monoisotopic (exact) mass is 450 g/mol. The van der Waals surface area contributed by atoms with Crippen molar-refractivity contribution in [3.63, 3.8) is 0 Å². The van der Waals surface area contributed by atoms with Gasteiger partial charge in [0.1, 0.15) is 5.75 Å². The molecule has 9 heteroatoms. The van der Waals surface area contributed by atoms with Gasteiger partial charge in [0.15, 0.2) is 0 Å². The van der Waals surface area contributed by atoms with E-state index in [2.05, 4.69) is 5.32 Å². The van der Waals surface area contributed by atoms with Crippen molar-refractivity contribution in [2.24, 2.45) is 0 Å². The van der Waals surface area contributed by atoms with Crippen molar-refractivity contribution >= 4 is 58.1 Å². The zero-order valence-corrected chi connectivity index (χ0v) is 17.6. The standard InChI is InChI=1S/C20H16Cl2N2O4S/c1-28-16-4-2-12(3-5-16)8-17-19(26)24(20(27)29-17)7-6-23-18(25)13-9-14(21)11-15(22)10-13/h2-5,8-11H,6-7H2,1H3,(H,23,25). The smallest absolute Gasteiger partial charge is 0.293 e. The molecule has 0 aromatic heterocycles. The Morgan fingerprint density at radius 2 is 1.79 bits per heavy atom. The number of imide groups is 1. The lowest BCUT2D eigenvalue weighted by Crippen LogP contribution is -2.37. The minimum atomic E-state index is -0.393. The number of hydrogen-bond acceptors (Lipinski definition) is 5. The fraction of sp³-hybridized carbons (Fsp3) is 0.150. The van der Waals surface area contributed by atoms with Crippen molar-refractivity contribution in [1.82, 2.24) is 10.2 Å². The van der Waals surface area contributed by atoms with Crippen LogP contribution >= 0.6 is 35.0 Å². The van der Waals surface area contributed by atoms with Crippen LogP contribution in [0.3, 0.4) is 0 Å². The van der Waals surface area contributed by atoms with Gasteiger partial charge in [0.2, 0.25) is 0 Å². The summed E-state index contributed by atoms with van der Waals surface area (Å²) >= 11 is 12.6. The first-order chi connectivity index (χ1) is 13.9. The minimum absolute atomic E-state index is 0.0602. The highest BCUT2D eigenvalue weighted by Gasteiger charge is 2.34. The van der Waals surface area contributed by atoms with Crippen molar-refractivity contribution < 1.29 is 19.1 Å². The van der Waals surface area contributed by atoms with Gasteiger partial charge in [0.05, 0.1) is 12.0 Å². The first kappa shape index (κ1) is 21.2. The maximum Gasteiger partial charge on any atom is 0.293 e. The summed E-state index contributed by atoms with van der Waals surface area (Å²) < 4.78 is 5.10. The van der Waals surface area contributed by atoms with Crippen molar-refractivity contribution in [2.45, 2.75) is 0 Å². The SMILES string of the molecule is COc1ccc(C=C2SC(=O)N(CCNC(=O)c3cc(Cl)cc(Cl)c3)C2=O)cc1. The Morgan fingerprint density at radius 1 is 1.14 bits per heavy atom. The molecule has 0 spiro atoms. The van der Waals surface area contributed by atoms with E-state index in [4.69, 9.17) is 27.9 Å². The van der Waals surface area contributed by atoms with E-state index >= 15 is 0 Å². The number of ether oxygens (including phenoxy) is 1. The van der Waals surface area contributed by atoms with Gasteiger partial charge < -0.3 is 10.1 Å². The van der Waals surface area contributed by atoms with Crippen LogP contribution in [0.15, 0.2) is 47.4 Å². The molecule has 150 valence electrons. The van der Waals surface area contributed by atoms with Gasteiger partial charge in [-0.3, -0.25) is 19.3 Å². The lowest BCUT2D eigenvalue weighted by atomic mass is 10.2. The third-order valence-corrected chi connectivity index (χ3v) is 5.38. The highest BCUT2D eigenvalue weighted by molar-refractivity contribution is 8.18. The van der Waals surface area contributed by atoms with Gasteiger partial charge in [0, 0.05) is 28.7 Å².